The van der Waals surface area contributed by atoms with Gasteiger partial charge in [-0.15, -0.1) is 0 Å². The molecule has 1 aliphatic heterocycles. The van der Waals surface area contributed by atoms with Crippen molar-refractivity contribution in [2.24, 2.45) is 0 Å². The molecule has 0 atom stereocenters. The zero-order valence-corrected chi connectivity index (χ0v) is 11.0. The van der Waals surface area contributed by atoms with Crippen LogP contribution in [0.25, 0.3) is 0 Å². The largest absolute Gasteiger partial charge is 0.497 e. The average molecular weight is 255 g/mol. The Morgan fingerprint density at radius 3 is 2.79 bits per heavy atom. The van der Waals surface area contributed by atoms with Gasteiger partial charge in [-0.05, 0) is 17.7 Å². The SMILES string of the molecule is COc1ccc2c(c1)OCCN2Cc1ccccc1. The fourth-order valence-corrected chi connectivity index (χ4v) is 2.35. The van der Waals surface area contributed by atoms with Gasteiger partial charge in [0.2, 0.25) is 0 Å². The van der Waals surface area contributed by atoms with Gasteiger partial charge >= 0.3 is 0 Å². The van der Waals surface area contributed by atoms with Gasteiger partial charge in [-0.25, -0.2) is 0 Å². The van der Waals surface area contributed by atoms with Crippen molar-refractivity contribution in [2.45, 2.75) is 6.54 Å². The van der Waals surface area contributed by atoms with Gasteiger partial charge in [-0.3, -0.25) is 0 Å². The van der Waals surface area contributed by atoms with Crippen LogP contribution < -0.4 is 14.4 Å². The summed E-state index contributed by atoms with van der Waals surface area (Å²) in [6.45, 7) is 2.53. The fraction of sp³-hybridized carbons (Fsp3) is 0.250. The minimum Gasteiger partial charge on any atom is -0.497 e. The molecule has 0 amide bonds. The first-order valence-electron chi connectivity index (χ1n) is 6.46. The van der Waals surface area contributed by atoms with E-state index in [0.29, 0.717) is 6.61 Å². The smallest absolute Gasteiger partial charge is 0.146 e. The maximum atomic E-state index is 5.71. The summed E-state index contributed by atoms with van der Waals surface area (Å²) in [4.78, 5) is 2.34. The van der Waals surface area contributed by atoms with Crippen LogP contribution in [-0.4, -0.2) is 20.3 Å². The lowest BCUT2D eigenvalue weighted by molar-refractivity contribution is 0.304. The molecule has 2 aromatic carbocycles. The second-order valence-corrected chi connectivity index (χ2v) is 4.59. The van der Waals surface area contributed by atoms with Crippen LogP contribution in [0.1, 0.15) is 5.56 Å². The summed E-state index contributed by atoms with van der Waals surface area (Å²) in [6.07, 6.45) is 0. The number of nitrogens with zero attached hydrogens (tertiary/aromatic N) is 1. The predicted octanol–water partition coefficient (Wildman–Crippen LogP) is 3.09. The highest BCUT2D eigenvalue weighted by Gasteiger charge is 2.18. The quantitative estimate of drug-likeness (QED) is 0.841. The van der Waals surface area contributed by atoms with E-state index in [0.717, 1.165) is 30.3 Å². The van der Waals surface area contributed by atoms with Crippen LogP contribution in [0, 0.1) is 0 Å². The van der Waals surface area contributed by atoms with Gasteiger partial charge in [0.1, 0.15) is 18.1 Å². The van der Waals surface area contributed by atoms with E-state index in [9.17, 15) is 0 Å². The number of fused-ring (bicyclic) bond motifs is 1. The summed E-state index contributed by atoms with van der Waals surface area (Å²) < 4.78 is 10.9. The highest BCUT2D eigenvalue weighted by atomic mass is 16.5. The molecule has 0 aromatic heterocycles. The summed E-state index contributed by atoms with van der Waals surface area (Å²) in [5.41, 5.74) is 2.45. The maximum Gasteiger partial charge on any atom is 0.146 e. The zero-order valence-electron chi connectivity index (χ0n) is 11.0. The molecule has 0 aliphatic carbocycles. The van der Waals surface area contributed by atoms with E-state index < -0.39 is 0 Å². The van der Waals surface area contributed by atoms with Crippen molar-refractivity contribution < 1.29 is 9.47 Å². The summed E-state index contributed by atoms with van der Waals surface area (Å²) >= 11 is 0. The normalized spacial score (nSPS) is 13.6. The topological polar surface area (TPSA) is 21.7 Å². The minimum absolute atomic E-state index is 0.715. The Morgan fingerprint density at radius 2 is 2.00 bits per heavy atom. The number of rotatable bonds is 3. The molecule has 3 nitrogen and oxygen atoms in total. The number of methoxy groups -OCH3 is 1. The van der Waals surface area contributed by atoms with Gasteiger partial charge in [0.15, 0.2) is 0 Å². The van der Waals surface area contributed by atoms with E-state index in [4.69, 9.17) is 9.47 Å². The molecule has 0 saturated carbocycles. The highest BCUT2D eigenvalue weighted by Crippen LogP contribution is 2.35. The van der Waals surface area contributed by atoms with Gasteiger partial charge in [0, 0.05) is 12.6 Å². The van der Waals surface area contributed by atoms with Crippen LogP contribution >= 0.6 is 0 Å². The Hall–Kier alpha value is -2.16. The summed E-state index contributed by atoms with van der Waals surface area (Å²) in [7, 11) is 1.67. The van der Waals surface area contributed by atoms with E-state index in [-0.39, 0.29) is 0 Å². The number of hydrogen-bond acceptors (Lipinski definition) is 3. The van der Waals surface area contributed by atoms with E-state index in [1.165, 1.54) is 5.56 Å². The zero-order chi connectivity index (χ0) is 13.1. The minimum atomic E-state index is 0.715. The van der Waals surface area contributed by atoms with Crippen molar-refractivity contribution in [2.75, 3.05) is 25.2 Å². The fourth-order valence-electron chi connectivity index (χ4n) is 2.35. The standard InChI is InChI=1S/C16H17NO2/c1-18-14-7-8-15-16(11-14)19-10-9-17(15)12-13-5-3-2-4-6-13/h2-8,11H,9-10,12H2,1H3. The molecule has 0 fully saturated rings. The van der Waals surface area contributed by atoms with Crippen LogP contribution in [0.5, 0.6) is 11.5 Å². The van der Waals surface area contributed by atoms with Crippen LogP contribution in [0.4, 0.5) is 5.69 Å². The molecule has 0 saturated heterocycles. The number of benzene rings is 2. The molecule has 0 N–H and O–H groups in total. The van der Waals surface area contributed by atoms with Crippen LogP contribution in [0.2, 0.25) is 0 Å². The van der Waals surface area contributed by atoms with Crippen LogP contribution in [0.3, 0.4) is 0 Å². The highest BCUT2D eigenvalue weighted by molar-refractivity contribution is 5.62. The molecular weight excluding hydrogens is 238 g/mol. The van der Waals surface area contributed by atoms with Gasteiger partial charge in [-0.2, -0.15) is 0 Å². The van der Waals surface area contributed by atoms with Crippen molar-refractivity contribution in [3.05, 3.63) is 54.1 Å². The molecule has 2 aromatic rings. The Morgan fingerprint density at radius 1 is 1.16 bits per heavy atom. The molecule has 19 heavy (non-hydrogen) atoms. The molecule has 0 bridgehead atoms. The van der Waals surface area contributed by atoms with Gasteiger partial charge in [0.25, 0.3) is 0 Å². The lowest BCUT2D eigenvalue weighted by Crippen LogP contribution is -2.32. The van der Waals surface area contributed by atoms with Gasteiger partial charge in [-0.1, -0.05) is 30.3 Å². The summed E-state index contributed by atoms with van der Waals surface area (Å²) in [5, 5.41) is 0. The lowest BCUT2D eigenvalue weighted by atomic mass is 10.1. The first kappa shape index (κ1) is 11.9. The molecule has 98 valence electrons. The van der Waals surface area contributed by atoms with Gasteiger partial charge in [0.05, 0.1) is 19.3 Å². The average Bonchev–Trinajstić information content (AvgIpc) is 2.48. The Bertz CT molecular complexity index is 554. The first-order valence-corrected chi connectivity index (χ1v) is 6.46. The number of hydrogen-bond donors (Lipinski definition) is 0. The monoisotopic (exact) mass is 255 g/mol. The number of anilines is 1. The van der Waals surface area contributed by atoms with Crippen LogP contribution in [-0.2, 0) is 6.54 Å². The molecule has 3 rings (SSSR count). The predicted molar refractivity (Wildman–Crippen MR) is 76.0 cm³/mol. The second kappa shape index (κ2) is 5.22. The molecule has 3 heteroatoms. The van der Waals surface area contributed by atoms with Crippen molar-refractivity contribution in [3.8, 4) is 11.5 Å². The van der Waals surface area contributed by atoms with Crippen molar-refractivity contribution >= 4 is 5.69 Å². The third kappa shape index (κ3) is 2.50. The van der Waals surface area contributed by atoms with Crippen molar-refractivity contribution in [1.82, 2.24) is 0 Å². The van der Waals surface area contributed by atoms with E-state index in [1.807, 2.05) is 18.2 Å². The molecule has 0 spiro atoms. The van der Waals surface area contributed by atoms with Gasteiger partial charge < -0.3 is 14.4 Å². The molecule has 0 radical (unpaired) electrons. The lowest BCUT2D eigenvalue weighted by Gasteiger charge is -2.31. The second-order valence-electron chi connectivity index (χ2n) is 4.59. The van der Waals surface area contributed by atoms with Crippen LogP contribution in [0.15, 0.2) is 48.5 Å². The first-order chi connectivity index (χ1) is 9.36. The third-order valence-electron chi connectivity index (χ3n) is 3.34. The molecule has 0 unspecified atom stereocenters. The van der Waals surface area contributed by atoms with E-state index >= 15 is 0 Å². The summed E-state index contributed by atoms with van der Waals surface area (Å²) in [5.74, 6) is 1.74. The Labute approximate surface area is 113 Å². The number of ether oxygens (including phenoxy) is 2. The van der Waals surface area contributed by atoms with E-state index in [2.05, 4.69) is 35.2 Å². The van der Waals surface area contributed by atoms with Crippen molar-refractivity contribution in [1.29, 1.82) is 0 Å². The van der Waals surface area contributed by atoms with Crippen molar-refractivity contribution in [3.63, 3.8) is 0 Å². The Kier molecular flexibility index (Phi) is 3.27. The third-order valence-corrected chi connectivity index (χ3v) is 3.34. The van der Waals surface area contributed by atoms with E-state index in [1.54, 1.807) is 7.11 Å². The molecular formula is C16H17NO2. The molecule has 1 aliphatic rings. The Balaban J connectivity index is 1.86. The summed E-state index contributed by atoms with van der Waals surface area (Å²) in [6, 6.07) is 16.5. The maximum absolute atomic E-state index is 5.71. The molecule has 1 heterocycles.